The fourth-order valence-corrected chi connectivity index (χ4v) is 1.37. The van der Waals surface area contributed by atoms with Gasteiger partial charge in [0.05, 0.1) is 0 Å². The molecular weight excluding hydrogens is 234 g/mol. The second kappa shape index (κ2) is 5.81. The Morgan fingerprint density at radius 1 is 1.33 bits per heavy atom. The third-order valence-corrected chi connectivity index (χ3v) is 2.26. The lowest BCUT2D eigenvalue weighted by Gasteiger charge is -2.05. The molecule has 0 radical (unpaired) electrons. The number of nitrogens with zero attached hydrogens (tertiary/aromatic N) is 2. The highest BCUT2D eigenvalue weighted by atomic mass is 16.6. The van der Waals surface area contributed by atoms with Crippen molar-refractivity contribution in [3.05, 3.63) is 36.0 Å². The predicted molar refractivity (Wildman–Crippen MR) is 64.2 cm³/mol. The van der Waals surface area contributed by atoms with Crippen LogP contribution < -0.4 is 10.1 Å². The number of aromatic nitrogens is 2. The van der Waals surface area contributed by atoms with Gasteiger partial charge in [-0.2, -0.15) is 0 Å². The van der Waals surface area contributed by atoms with E-state index in [2.05, 4.69) is 20.3 Å². The number of benzene rings is 1. The van der Waals surface area contributed by atoms with Gasteiger partial charge in [-0.25, -0.2) is 4.63 Å². The van der Waals surface area contributed by atoms with E-state index in [1.54, 1.807) is 12.1 Å². The smallest absolute Gasteiger partial charge is 0.263 e. The van der Waals surface area contributed by atoms with E-state index in [0.717, 1.165) is 0 Å². The van der Waals surface area contributed by atoms with Gasteiger partial charge in [-0.15, -0.1) is 0 Å². The number of amides is 1. The number of carbonyl (C=O) groups excluding carboxylic acids is 1. The van der Waals surface area contributed by atoms with Gasteiger partial charge < -0.3 is 10.1 Å². The molecule has 2 aromatic rings. The minimum Gasteiger partial charge on any atom is -0.484 e. The molecule has 0 spiro atoms. The molecule has 0 bridgehead atoms. The molecule has 0 unspecified atom stereocenters. The van der Waals surface area contributed by atoms with Crippen LogP contribution in [0.3, 0.4) is 0 Å². The lowest BCUT2D eigenvalue weighted by Crippen LogP contribution is -2.21. The maximum absolute atomic E-state index is 11.6. The lowest BCUT2D eigenvalue weighted by atomic mass is 10.3. The number of para-hydroxylation sites is 1. The first-order valence-electron chi connectivity index (χ1n) is 5.58. The molecule has 1 heterocycles. The van der Waals surface area contributed by atoms with Crippen LogP contribution in [0.2, 0.25) is 0 Å². The van der Waals surface area contributed by atoms with Gasteiger partial charge in [-0.05, 0) is 23.7 Å². The van der Waals surface area contributed by atoms with Crippen LogP contribution >= 0.6 is 0 Å². The molecule has 1 amide bonds. The third-order valence-electron chi connectivity index (χ3n) is 2.26. The molecule has 1 N–H and O–H groups in total. The van der Waals surface area contributed by atoms with Crippen LogP contribution in [0.15, 0.2) is 35.0 Å². The maximum atomic E-state index is 11.6. The van der Waals surface area contributed by atoms with E-state index in [0.29, 0.717) is 23.7 Å². The fourth-order valence-electron chi connectivity index (χ4n) is 1.37. The quantitative estimate of drug-likeness (QED) is 0.869. The van der Waals surface area contributed by atoms with Gasteiger partial charge in [0.15, 0.2) is 6.61 Å². The molecule has 18 heavy (non-hydrogen) atoms. The van der Waals surface area contributed by atoms with Crippen molar-refractivity contribution in [2.75, 3.05) is 11.9 Å². The summed E-state index contributed by atoms with van der Waals surface area (Å²) in [6.45, 7) is 1.82. The first-order chi connectivity index (χ1) is 8.79. The van der Waals surface area contributed by atoms with Crippen LogP contribution in [0, 0.1) is 0 Å². The number of rotatable bonds is 5. The predicted octanol–water partition coefficient (Wildman–Crippen LogP) is 1.65. The average molecular weight is 247 g/mol. The Balaban J connectivity index is 1.86. The molecule has 1 aromatic heterocycles. The van der Waals surface area contributed by atoms with Crippen molar-refractivity contribution < 1.29 is 14.2 Å². The summed E-state index contributed by atoms with van der Waals surface area (Å²) in [5, 5.41) is 9.85. The Hall–Kier alpha value is -2.37. The van der Waals surface area contributed by atoms with Gasteiger partial charge in [0.2, 0.25) is 5.82 Å². The molecular formula is C12H13N3O3. The highest BCUT2D eigenvalue weighted by molar-refractivity contribution is 5.91. The minimum absolute atomic E-state index is 0.0833. The number of anilines is 1. The topological polar surface area (TPSA) is 77.3 Å². The van der Waals surface area contributed by atoms with Gasteiger partial charge in [-0.3, -0.25) is 4.79 Å². The summed E-state index contributed by atoms with van der Waals surface area (Å²) >= 11 is 0. The zero-order valence-electron chi connectivity index (χ0n) is 9.92. The zero-order valence-corrected chi connectivity index (χ0v) is 9.92. The van der Waals surface area contributed by atoms with Crippen LogP contribution in [0.25, 0.3) is 0 Å². The number of hydrogen-bond donors (Lipinski definition) is 1. The average Bonchev–Trinajstić information content (AvgIpc) is 2.85. The van der Waals surface area contributed by atoms with Crippen molar-refractivity contribution in [3.8, 4) is 5.75 Å². The molecule has 94 valence electrons. The second-order valence-electron chi connectivity index (χ2n) is 3.56. The Kier molecular flexibility index (Phi) is 3.90. The minimum atomic E-state index is -0.302. The molecule has 0 saturated heterocycles. The van der Waals surface area contributed by atoms with E-state index in [4.69, 9.17) is 4.74 Å². The van der Waals surface area contributed by atoms with Crippen molar-refractivity contribution in [1.29, 1.82) is 0 Å². The van der Waals surface area contributed by atoms with Crippen LogP contribution in [-0.2, 0) is 11.2 Å². The Morgan fingerprint density at radius 2 is 2.11 bits per heavy atom. The van der Waals surface area contributed by atoms with Gasteiger partial charge in [0, 0.05) is 0 Å². The Bertz CT molecular complexity index is 510. The summed E-state index contributed by atoms with van der Waals surface area (Å²) in [4.78, 5) is 11.6. The summed E-state index contributed by atoms with van der Waals surface area (Å²) in [7, 11) is 0. The number of aryl methyl sites for hydroxylation is 1. The van der Waals surface area contributed by atoms with Crippen LogP contribution in [0.1, 0.15) is 12.6 Å². The van der Waals surface area contributed by atoms with E-state index in [1.165, 1.54) is 0 Å². The van der Waals surface area contributed by atoms with Crippen molar-refractivity contribution in [1.82, 2.24) is 10.3 Å². The van der Waals surface area contributed by atoms with E-state index < -0.39 is 0 Å². The molecule has 0 aliphatic heterocycles. The van der Waals surface area contributed by atoms with Crippen molar-refractivity contribution in [3.63, 3.8) is 0 Å². The highest BCUT2D eigenvalue weighted by Crippen LogP contribution is 2.11. The van der Waals surface area contributed by atoms with Crippen molar-refractivity contribution in [2.45, 2.75) is 13.3 Å². The number of hydrogen-bond acceptors (Lipinski definition) is 5. The molecule has 0 aliphatic rings. The standard InChI is InChI=1S/C12H13N3O3/c1-2-10-12(15-18-14-10)13-11(16)8-17-9-6-4-3-5-7-9/h3-7H,2,8H2,1H3,(H,13,15,16). The monoisotopic (exact) mass is 247 g/mol. The lowest BCUT2D eigenvalue weighted by molar-refractivity contribution is -0.118. The van der Waals surface area contributed by atoms with E-state index >= 15 is 0 Å². The Labute approximate surface area is 104 Å². The van der Waals surface area contributed by atoms with Gasteiger partial charge in [0.1, 0.15) is 11.4 Å². The SMILES string of the molecule is CCc1nonc1NC(=O)COc1ccccc1. The van der Waals surface area contributed by atoms with Gasteiger partial charge in [0.25, 0.3) is 5.91 Å². The third kappa shape index (κ3) is 3.07. The fraction of sp³-hybridized carbons (Fsp3) is 0.250. The van der Waals surface area contributed by atoms with Gasteiger partial charge in [-0.1, -0.05) is 30.3 Å². The van der Waals surface area contributed by atoms with Crippen LogP contribution in [-0.4, -0.2) is 22.8 Å². The van der Waals surface area contributed by atoms with Gasteiger partial charge >= 0.3 is 0 Å². The number of ether oxygens (including phenoxy) is 1. The molecule has 6 heteroatoms. The summed E-state index contributed by atoms with van der Waals surface area (Å²) in [6, 6.07) is 9.11. The molecule has 0 aliphatic carbocycles. The second-order valence-corrected chi connectivity index (χ2v) is 3.56. The maximum Gasteiger partial charge on any atom is 0.263 e. The normalized spacial score (nSPS) is 10.1. The largest absolute Gasteiger partial charge is 0.484 e. The van der Waals surface area contributed by atoms with E-state index in [-0.39, 0.29) is 12.5 Å². The highest BCUT2D eigenvalue weighted by Gasteiger charge is 2.11. The number of carbonyl (C=O) groups is 1. The molecule has 1 aromatic carbocycles. The Morgan fingerprint density at radius 3 is 2.83 bits per heavy atom. The van der Waals surface area contributed by atoms with Crippen molar-refractivity contribution in [2.24, 2.45) is 0 Å². The molecule has 0 saturated carbocycles. The molecule has 2 rings (SSSR count). The van der Waals surface area contributed by atoms with E-state index in [1.807, 2.05) is 25.1 Å². The molecule has 6 nitrogen and oxygen atoms in total. The summed E-state index contributed by atoms with van der Waals surface area (Å²) < 4.78 is 9.84. The molecule has 0 atom stereocenters. The summed E-state index contributed by atoms with van der Waals surface area (Å²) in [6.07, 6.45) is 0.638. The first-order valence-corrected chi connectivity index (χ1v) is 5.58. The zero-order chi connectivity index (χ0) is 12.8. The molecule has 0 fully saturated rings. The summed E-state index contributed by atoms with van der Waals surface area (Å²) in [5.41, 5.74) is 0.614. The van der Waals surface area contributed by atoms with Crippen LogP contribution in [0.4, 0.5) is 5.82 Å². The summed E-state index contributed by atoms with van der Waals surface area (Å²) in [5.74, 6) is 0.685. The first kappa shape index (κ1) is 12.1. The van der Waals surface area contributed by atoms with Crippen LogP contribution in [0.5, 0.6) is 5.75 Å². The van der Waals surface area contributed by atoms with E-state index in [9.17, 15) is 4.79 Å². The van der Waals surface area contributed by atoms with Crippen molar-refractivity contribution >= 4 is 11.7 Å². The number of nitrogens with one attached hydrogen (secondary N) is 1.